The van der Waals surface area contributed by atoms with Crippen molar-refractivity contribution in [2.24, 2.45) is 0 Å². The molecule has 0 saturated carbocycles. The Hall–Kier alpha value is -3.56. The quantitative estimate of drug-likeness (QED) is 0.294. The fourth-order valence-corrected chi connectivity index (χ4v) is 4.74. The van der Waals surface area contributed by atoms with E-state index in [0.717, 1.165) is 32.3 Å². The minimum atomic E-state index is -0.527. The van der Waals surface area contributed by atoms with Crippen LogP contribution in [0.4, 0.5) is 10.5 Å². The van der Waals surface area contributed by atoms with Gasteiger partial charge in [0.25, 0.3) is 11.1 Å². The fourth-order valence-electron chi connectivity index (χ4n) is 3.53. The minimum Gasteiger partial charge on any atom is -0.494 e. The van der Waals surface area contributed by atoms with Crippen molar-refractivity contribution >= 4 is 56.5 Å². The predicted molar refractivity (Wildman–Crippen MR) is 149 cm³/mol. The number of nitrogens with one attached hydrogen (secondary N) is 1. The number of benzene rings is 3. The molecule has 0 spiro atoms. The van der Waals surface area contributed by atoms with Crippen LogP contribution in [0.2, 0.25) is 0 Å². The van der Waals surface area contributed by atoms with E-state index in [1.165, 1.54) is 0 Å². The summed E-state index contributed by atoms with van der Waals surface area (Å²) in [6.45, 7) is 4.42. The maximum absolute atomic E-state index is 13.0. The SMILES string of the molecule is CCOc1ccc(NC(=O)CN2C(=O)S/C(=C/c3cc(Br)ccc3OCc3ccc(C)cc3)C2=O)cc1. The second kappa shape index (κ2) is 12.1. The van der Waals surface area contributed by atoms with Crippen molar-refractivity contribution in [3.63, 3.8) is 0 Å². The molecule has 0 aliphatic carbocycles. The number of rotatable bonds is 9. The summed E-state index contributed by atoms with van der Waals surface area (Å²) >= 11 is 4.25. The van der Waals surface area contributed by atoms with E-state index >= 15 is 0 Å². The molecule has 190 valence electrons. The molecule has 1 saturated heterocycles. The minimum absolute atomic E-state index is 0.220. The Morgan fingerprint density at radius 3 is 2.46 bits per heavy atom. The molecule has 0 atom stereocenters. The van der Waals surface area contributed by atoms with Crippen molar-refractivity contribution in [3.8, 4) is 11.5 Å². The molecule has 1 heterocycles. The zero-order chi connectivity index (χ0) is 26.4. The van der Waals surface area contributed by atoms with Crippen LogP contribution >= 0.6 is 27.7 Å². The highest BCUT2D eigenvalue weighted by Crippen LogP contribution is 2.35. The molecule has 3 aromatic carbocycles. The van der Waals surface area contributed by atoms with Gasteiger partial charge in [-0.15, -0.1) is 0 Å². The molecule has 3 amide bonds. The Kier molecular flexibility index (Phi) is 8.68. The number of ether oxygens (including phenoxy) is 2. The lowest BCUT2D eigenvalue weighted by atomic mass is 10.1. The van der Waals surface area contributed by atoms with Gasteiger partial charge in [-0.2, -0.15) is 0 Å². The van der Waals surface area contributed by atoms with Crippen molar-refractivity contribution in [1.29, 1.82) is 0 Å². The number of hydrogen-bond donors (Lipinski definition) is 1. The van der Waals surface area contributed by atoms with Crippen LogP contribution in [0.5, 0.6) is 11.5 Å². The van der Waals surface area contributed by atoms with Crippen molar-refractivity contribution in [3.05, 3.63) is 92.8 Å². The highest BCUT2D eigenvalue weighted by molar-refractivity contribution is 9.10. The van der Waals surface area contributed by atoms with E-state index < -0.39 is 17.1 Å². The predicted octanol–water partition coefficient (Wildman–Crippen LogP) is 6.41. The molecule has 7 nitrogen and oxygen atoms in total. The molecule has 1 fully saturated rings. The number of nitrogens with zero attached hydrogens (tertiary/aromatic N) is 1. The van der Waals surface area contributed by atoms with E-state index in [4.69, 9.17) is 9.47 Å². The number of thioether (sulfide) groups is 1. The van der Waals surface area contributed by atoms with Gasteiger partial charge in [0.05, 0.1) is 11.5 Å². The second-order valence-electron chi connectivity index (χ2n) is 8.23. The highest BCUT2D eigenvalue weighted by atomic mass is 79.9. The van der Waals surface area contributed by atoms with E-state index in [-0.39, 0.29) is 11.4 Å². The highest BCUT2D eigenvalue weighted by Gasteiger charge is 2.36. The van der Waals surface area contributed by atoms with Gasteiger partial charge in [0.15, 0.2) is 0 Å². The van der Waals surface area contributed by atoms with Crippen LogP contribution in [0, 0.1) is 6.92 Å². The number of aryl methyl sites for hydroxylation is 1. The molecule has 3 aromatic rings. The Balaban J connectivity index is 1.44. The average Bonchev–Trinajstić information content (AvgIpc) is 3.13. The Labute approximate surface area is 228 Å². The van der Waals surface area contributed by atoms with Crippen LogP contribution in [0.3, 0.4) is 0 Å². The Morgan fingerprint density at radius 1 is 1.03 bits per heavy atom. The topological polar surface area (TPSA) is 84.9 Å². The van der Waals surface area contributed by atoms with Crippen LogP contribution in [0.25, 0.3) is 6.08 Å². The van der Waals surface area contributed by atoms with Crippen LogP contribution in [0.1, 0.15) is 23.6 Å². The van der Waals surface area contributed by atoms with Crippen molar-refractivity contribution in [2.75, 3.05) is 18.5 Å². The van der Waals surface area contributed by atoms with Gasteiger partial charge >= 0.3 is 0 Å². The maximum atomic E-state index is 13.0. The monoisotopic (exact) mass is 580 g/mol. The van der Waals surface area contributed by atoms with Crippen molar-refractivity contribution in [1.82, 2.24) is 4.90 Å². The van der Waals surface area contributed by atoms with Gasteiger partial charge in [0.1, 0.15) is 24.7 Å². The van der Waals surface area contributed by atoms with Gasteiger partial charge in [-0.25, -0.2) is 0 Å². The van der Waals surface area contributed by atoms with E-state index in [2.05, 4.69) is 21.2 Å². The lowest BCUT2D eigenvalue weighted by molar-refractivity contribution is -0.127. The van der Waals surface area contributed by atoms with Crippen molar-refractivity contribution in [2.45, 2.75) is 20.5 Å². The Morgan fingerprint density at radius 2 is 1.76 bits per heavy atom. The summed E-state index contributed by atoms with van der Waals surface area (Å²) in [5, 5.41) is 2.20. The molecule has 37 heavy (non-hydrogen) atoms. The summed E-state index contributed by atoms with van der Waals surface area (Å²) < 4.78 is 12.2. The van der Waals surface area contributed by atoms with Gasteiger partial charge in [-0.3, -0.25) is 19.3 Å². The summed E-state index contributed by atoms with van der Waals surface area (Å²) in [5.41, 5.74) is 3.36. The van der Waals surface area contributed by atoms with Gasteiger partial charge in [-0.1, -0.05) is 45.8 Å². The smallest absolute Gasteiger partial charge is 0.294 e. The average molecular weight is 581 g/mol. The zero-order valence-corrected chi connectivity index (χ0v) is 22.7. The van der Waals surface area contributed by atoms with E-state index in [1.54, 1.807) is 36.4 Å². The van der Waals surface area contributed by atoms with Crippen LogP contribution < -0.4 is 14.8 Å². The number of carbonyl (C=O) groups is 3. The lowest BCUT2D eigenvalue weighted by Gasteiger charge is -2.13. The fraction of sp³-hybridized carbons (Fsp3) is 0.179. The van der Waals surface area contributed by atoms with Crippen LogP contribution in [-0.4, -0.2) is 35.1 Å². The molecule has 0 radical (unpaired) electrons. The third-order valence-corrected chi connectivity index (χ3v) is 6.80. The molecule has 0 bridgehead atoms. The third kappa shape index (κ3) is 7.02. The van der Waals surface area contributed by atoms with Gasteiger partial charge in [-0.05, 0) is 79.7 Å². The molecule has 0 aromatic heterocycles. The number of carbonyl (C=O) groups excluding carboxylic acids is 3. The third-order valence-electron chi connectivity index (χ3n) is 5.40. The van der Waals surface area contributed by atoms with E-state index in [9.17, 15) is 14.4 Å². The first kappa shape index (κ1) is 26.5. The molecule has 4 rings (SSSR count). The van der Waals surface area contributed by atoms with Crippen molar-refractivity contribution < 1.29 is 23.9 Å². The first-order chi connectivity index (χ1) is 17.8. The first-order valence-corrected chi connectivity index (χ1v) is 13.2. The molecule has 0 unspecified atom stereocenters. The van der Waals surface area contributed by atoms with Crippen LogP contribution in [-0.2, 0) is 16.2 Å². The van der Waals surface area contributed by atoms with Gasteiger partial charge < -0.3 is 14.8 Å². The standard InChI is InChI=1S/C28H25BrN2O5S/c1-3-35-23-11-9-22(10-12-23)30-26(32)16-31-27(33)25(37-28(31)34)15-20-14-21(29)8-13-24(20)36-17-19-6-4-18(2)5-7-19/h4-15H,3,16-17H2,1-2H3,(H,30,32)/b25-15+. The maximum Gasteiger partial charge on any atom is 0.294 e. The number of amides is 3. The molecule has 1 N–H and O–H groups in total. The molecule has 9 heteroatoms. The summed E-state index contributed by atoms with van der Waals surface area (Å²) in [4.78, 5) is 39.3. The normalized spacial score (nSPS) is 14.2. The summed E-state index contributed by atoms with van der Waals surface area (Å²) in [6.07, 6.45) is 1.62. The lowest BCUT2D eigenvalue weighted by Crippen LogP contribution is -2.36. The van der Waals surface area contributed by atoms with Gasteiger partial charge in [0, 0.05) is 15.7 Å². The number of imide groups is 1. The number of halogens is 1. The molecular formula is C28H25BrN2O5S. The summed E-state index contributed by atoms with van der Waals surface area (Å²) in [6, 6.07) is 20.4. The molecular weight excluding hydrogens is 556 g/mol. The Bertz CT molecular complexity index is 1340. The summed E-state index contributed by atoms with van der Waals surface area (Å²) in [5.74, 6) is 0.258. The number of hydrogen-bond acceptors (Lipinski definition) is 6. The van der Waals surface area contributed by atoms with Crippen LogP contribution in [0.15, 0.2) is 76.1 Å². The number of anilines is 1. The summed E-state index contributed by atoms with van der Waals surface area (Å²) in [7, 11) is 0. The van der Waals surface area contributed by atoms with E-state index in [1.807, 2.05) is 50.2 Å². The molecule has 1 aliphatic heterocycles. The second-order valence-corrected chi connectivity index (χ2v) is 10.1. The van der Waals surface area contributed by atoms with E-state index in [0.29, 0.717) is 36.0 Å². The zero-order valence-electron chi connectivity index (χ0n) is 20.3. The largest absolute Gasteiger partial charge is 0.494 e. The molecule has 1 aliphatic rings. The van der Waals surface area contributed by atoms with Gasteiger partial charge in [0.2, 0.25) is 5.91 Å². The first-order valence-electron chi connectivity index (χ1n) is 11.6.